The topological polar surface area (TPSA) is 79.5 Å². The summed E-state index contributed by atoms with van der Waals surface area (Å²) in [6.07, 6.45) is 5.87. The zero-order valence-corrected chi connectivity index (χ0v) is 13.4. The number of carboxylic acids is 1. The second kappa shape index (κ2) is 8.36. The van der Waals surface area contributed by atoms with E-state index in [-0.39, 0.29) is 6.42 Å². The van der Waals surface area contributed by atoms with E-state index in [1.807, 2.05) is 6.07 Å². The Hall–Kier alpha value is -2.30. The van der Waals surface area contributed by atoms with Gasteiger partial charge in [0, 0.05) is 29.8 Å². The van der Waals surface area contributed by atoms with Gasteiger partial charge in [-0.2, -0.15) is 0 Å². The summed E-state index contributed by atoms with van der Waals surface area (Å²) in [5.41, 5.74) is 1.26. The maximum Gasteiger partial charge on any atom is 0.336 e. The van der Waals surface area contributed by atoms with Crippen LogP contribution in [-0.4, -0.2) is 17.6 Å². The Morgan fingerprint density at radius 2 is 1.96 bits per heavy atom. The lowest BCUT2D eigenvalue weighted by Gasteiger charge is -2.08. The first kappa shape index (κ1) is 17.1. The van der Waals surface area contributed by atoms with Crippen molar-refractivity contribution in [1.29, 1.82) is 0 Å². The number of carbonyl (C=O) groups is 1. The fourth-order valence-electron chi connectivity index (χ4n) is 2.61. The average Bonchev–Trinajstić information content (AvgIpc) is 2.49. The van der Waals surface area contributed by atoms with Crippen LogP contribution < -0.4 is 10.9 Å². The molecule has 0 aliphatic heterocycles. The molecular formula is C18H23NO4. The third kappa shape index (κ3) is 5.13. The number of hydrogen-bond donors (Lipinski definition) is 2. The normalized spacial score (nSPS) is 10.8. The van der Waals surface area contributed by atoms with Crippen molar-refractivity contribution in [3.8, 4) is 0 Å². The molecule has 0 amide bonds. The highest BCUT2D eigenvalue weighted by atomic mass is 16.4. The van der Waals surface area contributed by atoms with Crippen molar-refractivity contribution in [1.82, 2.24) is 0 Å². The number of benzene rings is 1. The van der Waals surface area contributed by atoms with Crippen LogP contribution in [0.2, 0.25) is 0 Å². The highest BCUT2D eigenvalue weighted by molar-refractivity contribution is 5.86. The van der Waals surface area contributed by atoms with E-state index in [9.17, 15) is 9.59 Å². The number of hydrogen-bond acceptors (Lipinski definition) is 4. The molecule has 23 heavy (non-hydrogen) atoms. The van der Waals surface area contributed by atoms with Gasteiger partial charge in [-0.15, -0.1) is 0 Å². The molecule has 2 rings (SSSR count). The first-order chi connectivity index (χ1) is 11.1. The molecule has 1 aromatic heterocycles. The highest BCUT2D eigenvalue weighted by Gasteiger charge is 2.09. The van der Waals surface area contributed by atoms with Gasteiger partial charge in [-0.05, 0) is 24.1 Å². The molecule has 0 saturated heterocycles. The molecule has 1 aromatic carbocycles. The Labute approximate surface area is 135 Å². The second-order valence-electron chi connectivity index (χ2n) is 5.71. The second-order valence-corrected chi connectivity index (χ2v) is 5.71. The third-order valence-corrected chi connectivity index (χ3v) is 3.78. The summed E-state index contributed by atoms with van der Waals surface area (Å²) in [6, 6.07) is 6.70. The number of carboxylic acid groups (broad SMARTS) is 1. The summed E-state index contributed by atoms with van der Waals surface area (Å²) in [4.78, 5) is 22.5. The van der Waals surface area contributed by atoms with E-state index in [1.54, 1.807) is 12.1 Å². The molecule has 2 aromatic rings. The van der Waals surface area contributed by atoms with Gasteiger partial charge >= 0.3 is 11.6 Å². The molecule has 124 valence electrons. The minimum Gasteiger partial charge on any atom is -0.481 e. The van der Waals surface area contributed by atoms with Crippen LogP contribution in [0.25, 0.3) is 11.0 Å². The van der Waals surface area contributed by atoms with Crippen LogP contribution in [0.1, 0.15) is 44.6 Å². The van der Waals surface area contributed by atoms with E-state index < -0.39 is 11.6 Å². The van der Waals surface area contributed by atoms with Crippen molar-refractivity contribution in [2.24, 2.45) is 0 Å². The smallest absolute Gasteiger partial charge is 0.336 e. The molecule has 0 aliphatic rings. The quantitative estimate of drug-likeness (QED) is 0.543. The van der Waals surface area contributed by atoms with Crippen molar-refractivity contribution in [2.75, 3.05) is 11.9 Å². The summed E-state index contributed by atoms with van der Waals surface area (Å²) in [5.74, 6) is -0.966. The summed E-state index contributed by atoms with van der Waals surface area (Å²) in [7, 11) is 0. The molecule has 0 atom stereocenters. The molecule has 0 aliphatic carbocycles. The van der Waals surface area contributed by atoms with E-state index in [0.29, 0.717) is 16.5 Å². The molecule has 0 fully saturated rings. The molecule has 5 nitrogen and oxygen atoms in total. The van der Waals surface area contributed by atoms with Crippen LogP contribution >= 0.6 is 0 Å². The molecule has 0 bridgehead atoms. The monoisotopic (exact) mass is 317 g/mol. The Bertz CT molecular complexity index is 721. The minimum atomic E-state index is -0.966. The number of aliphatic carboxylic acids is 1. The summed E-state index contributed by atoms with van der Waals surface area (Å²) >= 11 is 0. The fourth-order valence-corrected chi connectivity index (χ4v) is 2.61. The summed E-state index contributed by atoms with van der Waals surface area (Å²) < 4.78 is 5.20. The van der Waals surface area contributed by atoms with Gasteiger partial charge in [0.1, 0.15) is 5.58 Å². The van der Waals surface area contributed by atoms with E-state index >= 15 is 0 Å². The maximum absolute atomic E-state index is 11.6. The molecule has 0 saturated carbocycles. The predicted octanol–water partition coefficient (Wildman–Crippen LogP) is 3.80. The molecule has 0 unspecified atom stereocenters. The minimum absolute atomic E-state index is 0.188. The van der Waals surface area contributed by atoms with Gasteiger partial charge in [-0.1, -0.05) is 32.6 Å². The lowest BCUT2D eigenvalue weighted by atomic mass is 10.1. The number of rotatable bonds is 9. The van der Waals surface area contributed by atoms with Crippen molar-refractivity contribution < 1.29 is 14.3 Å². The Kier molecular flexibility index (Phi) is 6.20. The highest BCUT2D eigenvalue weighted by Crippen LogP contribution is 2.22. The summed E-state index contributed by atoms with van der Waals surface area (Å²) in [6.45, 7) is 3.06. The predicted molar refractivity (Wildman–Crippen MR) is 91.1 cm³/mol. The van der Waals surface area contributed by atoms with Crippen LogP contribution in [0.5, 0.6) is 0 Å². The average molecular weight is 317 g/mol. The lowest BCUT2D eigenvalue weighted by molar-refractivity contribution is -0.136. The van der Waals surface area contributed by atoms with E-state index in [1.165, 1.54) is 31.7 Å². The van der Waals surface area contributed by atoms with Crippen LogP contribution in [0, 0.1) is 0 Å². The third-order valence-electron chi connectivity index (χ3n) is 3.78. The molecule has 0 spiro atoms. The van der Waals surface area contributed by atoms with Crippen molar-refractivity contribution in [3.63, 3.8) is 0 Å². The first-order valence-corrected chi connectivity index (χ1v) is 8.12. The van der Waals surface area contributed by atoms with Gasteiger partial charge in [0.25, 0.3) is 0 Å². The van der Waals surface area contributed by atoms with E-state index in [0.717, 1.165) is 18.7 Å². The molecular weight excluding hydrogens is 294 g/mol. The zero-order chi connectivity index (χ0) is 16.7. The van der Waals surface area contributed by atoms with Crippen molar-refractivity contribution in [3.05, 3.63) is 40.2 Å². The van der Waals surface area contributed by atoms with E-state index in [2.05, 4.69) is 12.2 Å². The van der Waals surface area contributed by atoms with Crippen molar-refractivity contribution >= 4 is 22.6 Å². The van der Waals surface area contributed by atoms with Crippen LogP contribution in [0.3, 0.4) is 0 Å². The zero-order valence-electron chi connectivity index (χ0n) is 13.4. The van der Waals surface area contributed by atoms with Gasteiger partial charge in [0.15, 0.2) is 0 Å². The largest absolute Gasteiger partial charge is 0.481 e. The molecule has 0 radical (unpaired) electrons. The van der Waals surface area contributed by atoms with Gasteiger partial charge in [-0.3, -0.25) is 4.79 Å². The fraction of sp³-hybridized carbons (Fsp3) is 0.444. The maximum atomic E-state index is 11.6. The van der Waals surface area contributed by atoms with Gasteiger partial charge in [0.2, 0.25) is 0 Å². The first-order valence-electron chi connectivity index (χ1n) is 8.12. The van der Waals surface area contributed by atoms with Gasteiger partial charge in [0.05, 0.1) is 6.42 Å². The van der Waals surface area contributed by atoms with Crippen LogP contribution in [-0.2, 0) is 11.2 Å². The molecule has 2 N–H and O–H groups in total. The number of nitrogens with one attached hydrogen (secondary N) is 1. The lowest BCUT2D eigenvalue weighted by Crippen LogP contribution is -2.07. The Balaban J connectivity index is 2.06. The Morgan fingerprint density at radius 1 is 1.17 bits per heavy atom. The number of unbranched alkanes of at least 4 members (excludes halogenated alkanes) is 4. The van der Waals surface area contributed by atoms with E-state index in [4.69, 9.17) is 9.52 Å². The number of fused-ring (bicyclic) bond motifs is 1. The Morgan fingerprint density at radius 3 is 2.70 bits per heavy atom. The van der Waals surface area contributed by atoms with Gasteiger partial charge < -0.3 is 14.8 Å². The SMILES string of the molecule is CCCCCCCNc1ccc2c(CC(=O)O)cc(=O)oc2c1. The van der Waals surface area contributed by atoms with Crippen LogP contribution in [0.15, 0.2) is 33.5 Å². The van der Waals surface area contributed by atoms with Crippen LogP contribution in [0.4, 0.5) is 5.69 Å². The van der Waals surface area contributed by atoms with Gasteiger partial charge in [-0.25, -0.2) is 4.79 Å². The summed E-state index contributed by atoms with van der Waals surface area (Å²) in [5, 5.41) is 12.9. The molecule has 1 heterocycles. The molecule has 5 heteroatoms. The van der Waals surface area contributed by atoms with Crippen molar-refractivity contribution in [2.45, 2.75) is 45.4 Å². The standard InChI is InChI=1S/C18H23NO4/c1-2-3-4-5-6-9-19-14-7-8-15-13(10-17(20)21)11-18(22)23-16(15)12-14/h7-8,11-12,19H,2-6,9-10H2,1H3,(H,20,21). The number of anilines is 1.